The van der Waals surface area contributed by atoms with Gasteiger partial charge in [0.1, 0.15) is 0 Å². The molecule has 2 aliphatic rings. The van der Waals surface area contributed by atoms with E-state index in [0.29, 0.717) is 5.41 Å². The molecule has 1 fully saturated rings. The number of allylic oxidation sites excluding steroid dienone is 2. The minimum absolute atomic E-state index is 0.521. The highest BCUT2D eigenvalue weighted by Crippen LogP contribution is 2.47. The summed E-state index contributed by atoms with van der Waals surface area (Å²) in [5, 5.41) is 0. The van der Waals surface area contributed by atoms with E-state index in [1.165, 1.54) is 38.5 Å². The third-order valence-electron chi connectivity index (χ3n) is 5.33. The fourth-order valence-electron chi connectivity index (χ4n) is 3.71. The highest BCUT2D eigenvalue weighted by molar-refractivity contribution is 14.1. The summed E-state index contributed by atoms with van der Waals surface area (Å²) in [6, 6.07) is 0. The quantitative estimate of drug-likeness (QED) is 0.346. The molecule has 0 aromatic carbocycles. The highest BCUT2D eigenvalue weighted by Gasteiger charge is 2.38. The lowest BCUT2D eigenvalue weighted by atomic mass is 9.61. The predicted octanol–water partition coefficient (Wildman–Crippen LogP) is 5.61. The Bertz CT molecular complexity index is 271. The summed E-state index contributed by atoms with van der Waals surface area (Å²) in [5.74, 6) is 2.76. The molecule has 0 aromatic rings. The number of hydrogen-bond acceptors (Lipinski definition) is 0. The van der Waals surface area contributed by atoms with E-state index in [1.54, 1.807) is 0 Å². The molecule has 2 aliphatic carbocycles. The topological polar surface area (TPSA) is 0 Å². The lowest BCUT2D eigenvalue weighted by molar-refractivity contribution is 0.0864. The van der Waals surface area contributed by atoms with Crippen LogP contribution >= 0.6 is 22.6 Å². The molecular weight excluding hydrogens is 319 g/mol. The molecule has 98 valence electrons. The van der Waals surface area contributed by atoms with E-state index in [1.807, 2.05) is 0 Å². The molecule has 0 saturated heterocycles. The summed E-state index contributed by atoms with van der Waals surface area (Å²) < 4.78 is 0.783. The summed E-state index contributed by atoms with van der Waals surface area (Å²) >= 11 is 2.57. The zero-order valence-electron chi connectivity index (χ0n) is 11.6. The van der Waals surface area contributed by atoms with Crippen LogP contribution in [-0.2, 0) is 0 Å². The minimum atomic E-state index is 0.521. The third kappa shape index (κ3) is 3.27. The van der Waals surface area contributed by atoms with Crippen LogP contribution in [0.2, 0.25) is 0 Å². The molecule has 0 bridgehead atoms. The van der Waals surface area contributed by atoms with E-state index >= 15 is 0 Å². The summed E-state index contributed by atoms with van der Waals surface area (Å²) in [5.41, 5.74) is 0.521. The van der Waals surface area contributed by atoms with Crippen molar-refractivity contribution < 1.29 is 0 Å². The van der Waals surface area contributed by atoms with E-state index in [4.69, 9.17) is 0 Å². The first-order valence-electron chi connectivity index (χ1n) is 7.32. The van der Waals surface area contributed by atoms with Crippen molar-refractivity contribution in [2.24, 2.45) is 23.2 Å². The first-order chi connectivity index (χ1) is 8.00. The lowest BCUT2D eigenvalue weighted by Gasteiger charge is -2.44. The Balaban J connectivity index is 2.00. The van der Waals surface area contributed by atoms with Crippen molar-refractivity contribution >= 4 is 22.6 Å². The fraction of sp³-hybridized carbons (Fsp3) is 0.875. The maximum absolute atomic E-state index is 2.57. The molecular formula is C16H27I. The molecule has 0 N–H and O–H groups in total. The van der Waals surface area contributed by atoms with Gasteiger partial charge in [0.25, 0.3) is 0 Å². The van der Waals surface area contributed by atoms with Crippen molar-refractivity contribution in [3.63, 3.8) is 0 Å². The summed E-state index contributed by atoms with van der Waals surface area (Å²) in [4.78, 5) is 0. The van der Waals surface area contributed by atoms with Crippen LogP contribution in [-0.4, -0.2) is 3.92 Å². The Labute approximate surface area is 121 Å². The van der Waals surface area contributed by atoms with Gasteiger partial charge in [0, 0.05) is 3.92 Å². The lowest BCUT2D eigenvalue weighted by Crippen LogP contribution is -2.35. The number of alkyl halides is 1. The van der Waals surface area contributed by atoms with E-state index in [0.717, 1.165) is 21.7 Å². The molecule has 1 heteroatoms. The summed E-state index contributed by atoms with van der Waals surface area (Å²) in [7, 11) is 0. The molecule has 0 radical (unpaired) electrons. The predicted molar refractivity (Wildman–Crippen MR) is 84.6 cm³/mol. The van der Waals surface area contributed by atoms with Crippen LogP contribution in [0.25, 0.3) is 0 Å². The molecule has 0 heterocycles. The van der Waals surface area contributed by atoms with Crippen molar-refractivity contribution in [1.82, 2.24) is 0 Å². The van der Waals surface area contributed by atoms with Crippen LogP contribution in [0, 0.1) is 23.2 Å². The Hall–Kier alpha value is 0.470. The molecule has 2 unspecified atom stereocenters. The zero-order chi connectivity index (χ0) is 12.5. The Morgan fingerprint density at radius 1 is 0.941 bits per heavy atom. The van der Waals surface area contributed by atoms with Crippen molar-refractivity contribution in [3.8, 4) is 0 Å². The van der Waals surface area contributed by atoms with Crippen LogP contribution in [0.4, 0.5) is 0 Å². The van der Waals surface area contributed by atoms with Crippen molar-refractivity contribution in [2.75, 3.05) is 0 Å². The van der Waals surface area contributed by atoms with Gasteiger partial charge in [-0.15, -0.1) is 0 Å². The van der Waals surface area contributed by atoms with Gasteiger partial charge in [0.2, 0.25) is 0 Å². The first kappa shape index (κ1) is 13.9. The van der Waals surface area contributed by atoms with Crippen LogP contribution in [0.15, 0.2) is 12.2 Å². The van der Waals surface area contributed by atoms with Gasteiger partial charge < -0.3 is 0 Å². The third-order valence-corrected chi connectivity index (χ3v) is 6.37. The highest BCUT2D eigenvalue weighted by atomic mass is 127. The molecule has 2 atom stereocenters. The monoisotopic (exact) mass is 346 g/mol. The van der Waals surface area contributed by atoms with Crippen LogP contribution < -0.4 is 0 Å². The fourth-order valence-corrected chi connectivity index (χ4v) is 4.31. The number of halogens is 1. The Morgan fingerprint density at radius 3 is 2.12 bits per heavy atom. The van der Waals surface area contributed by atoms with E-state index in [-0.39, 0.29) is 0 Å². The summed E-state index contributed by atoms with van der Waals surface area (Å²) in [6.45, 7) is 7.47. The van der Waals surface area contributed by atoms with Crippen LogP contribution in [0.5, 0.6) is 0 Å². The average Bonchev–Trinajstić information content (AvgIpc) is 2.30. The second-order valence-corrected chi connectivity index (χ2v) is 8.46. The van der Waals surface area contributed by atoms with Gasteiger partial charge in [-0.3, -0.25) is 0 Å². The van der Waals surface area contributed by atoms with Gasteiger partial charge in [0.15, 0.2) is 0 Å². The molecule has 2 rings (SSSR count). The molecule has 17 heavy (non-hydrogen) atoms. The van der Waals surface area contributed by atoms with Gasteiger partial charge in [-0.25, -0.2) is 0 Å². The van der Waals surface area contributed by atoms with E-state index in [9.17, 15) is 0 Å². The Morgan fingerprint density at radius 2 is 1.59 bits per heavy atom. The second-order valence-electron chi connectivity index (χ2n) is 6.86. The average molecular weight is 346 g/mol. The van der Waals surface area contributed by atoms with E-state index < -0.39 is 0 Å². The zero-order valence-corrected chi connectivity index (χ0v) is 13.7. The molecule has 0 amide bonds. The van der Waals surface area contributed by atoms with Gasteiger partial charge in [0.05, 0.1) is 0 Å². The van der Waals surface area contributed by atoms with Crippen molar-refractivity contribution in [1.29, 1.82) is 0 Å². The van der Waals surface area contributed by atoms with Gasteiger partial charge in [-0.05, 0) is 48.9 Å². The van der Waals surface area contributed by atoms with Gasteiger partial charge >= 0.3 is 0 Å². The molecule has 0 nitrogen and oxygen atoms in total. The van der Waals surface area contributed by atoms with Crippen LogP contribution in [0.1, 0.15) is 59.3 Å². The van der Waals surface area contributed by atoms with Gasteiger partial charge in [-0.2, -0.15) is 0 Å². The second kappa shape index (κ2) is 5.63. The van der Waals surface area contributed by atoms with Crippen molar-refractivity contribution in [3.05, 3.63) is 12.2 Å². The van der Waals surface area contributed by atoms with Gasteiger partial charge in [-0.1, -0.05) is 68.4 Å². The summed E-state index contributed by atoms with van der Waals surface area (Å²) in [6.07, 6.45) is 13.6. The maximum atomic E-state index is 2.57. The Kier molecular flexibility index (Phi) is 4.60. The number of rotatable bonds is 2. The van der Waals surface area contributed by atoms with E-state index in [2.05, 4.69) is 55.5 Å². The normalized spacial score (nSPS) is 39.3. The first-order valence-corrected chi connectivity index (χ1v) is 8.57. The molecule has 1 saturated carbocycles. The SMILES string of the molecule is CC1CCC(C(C)(C)C2C=CC(I)CC2)CC1. The smallest absolute Gasteiger partial charge is 0.0289 e. The largest absolute Gasteiger partial charge is 0.0838 e. The minimum Gasteiger partial charge on any atom is -0.0838 e. The maximum Gasteiger partial charge on any atom is 0.0289 e. The molecule has 0 aliphatic heterocycles. The molecule has 0 spiro atoms. The number of hydrogen-bond donors (Lipinski definition) is 0. The van der Waals surface area contributed by atoms with Crippen molar-refractivity contribution in [2.45, 2.75) is 63.2 Å². The van der Waals surface area contributed by atoms with Crippen LogP contribution in [0.3, 0.4) is 0 Å². The molecule has 0 aromatic heterocycles. The standard InChI is InChI=1S/C16H27I/c1-12-4-6-13(7-5-12)16(2,3)14-8-10-15(17)11-9-14/h8,10,12-15H,4-7,9,11H2,1-3H3.